The fraction of sp³-hybridized carbons (Fsp3) is 0.0833. The van der Waals surface area contributed by atoms with Crippen molar-refractivity contribution in [3.8, 4) is 10.7 Å². The maximum Gasteiger partial charge on any atom is 0.260 e. The maximum absolute atomic E-state index is 10.1. The van der Waals surface area contributed by atoms with Crippen LogP contribution in [0.5, 0.6) is 0 Å². The highest BCUT2D eigenvalue weighted by atomic mass is 32.1. The van der Waals surface area contributed by atoms with Crippen molar-refractivity contribution in [2.75, 3.05) is 0 Å². The molecule has 2 heterocycles. The third kappa shape index (κ3) is 2.03. The highest BCUT2D eigenvalue weighted by Crippen LogP contribution is 2.24. The van der Waals surface area contributed by atoms with Gasteiger partial charge in [-0.05, 0) is 5.56 Å². The number of aliphatic hydroxyl groups is 1. The van der Waals surface area contributed by atoms with Crippen molar-refractivity contribution < 1.29 is 9.63 Å². The Labute approximate surface area is 107 Å². The second-order valence-corrected chi connectivity index (χ2v) is 4.52. The van der Waals surface area contributed by atoms with Crippen LogP contribution in [0.15, 0.2) is 46.6 Å². The zero-order valence-electron chi connectivity index (χ0n) is 9.22. The average Bonchev–Trinajstić information content (AvgIpc) is 3.09. The van der Waals surface area contributed by atoms with Crippen molar-refractivity contribution in [2.24, 2.45) is 0 Å². The summed E-state index contributed by atoms with van der Waals surface area (Å²) in [5.41, 5.74) is 2.41. The van der Waals surface area contributed by atoms with Gasteiger partial charge in [0.05, 0.1) is 10.4 Å². The Balaban J connectivity index is 1.90. The molecule has 0 saturated heterocycles. The Kier molecular flexibility index (Phi) is 2.87. The van der Waals surface area contributed by atoms with Gasteiger partial charge in [0.25, 0.3) is 5.89 Å². The number of thiazole rings is 1. The summed E-state index contributed by atoms with van der Waals surface area (Å²) >= 11 is 1.42. The summed E-state index contributed by atoms with van der Waals surface area (Å²) in [4.78, 5) is 8.93. The van der Waals surface area contributed by atoms with E-state index in [0.29, 0.717) is 5.82 Å². The minimum absolute atomic E-state index is 0.185. The van der Waals surface area contributed by atoms with Crippen molar-refractivity contribution >= 4 is 11.3 Å². The fourth-order valence-corrected chi connectivity index (χ4v) is 2.10. The largest absolute Gasteiger partial charge is 0.378 e. The summed E-state index contributed by atoms with van der Waals surface area (Å²) in [6.45, 7) is 0. The Morgan fingerprint density at radius 3 is 2.78 bits per heavy atom. The topological polar surface area (TPSA) is 72.0 Å². The molecular weight excluding hydrogens is 250 g/mol. The number of hydrogen-bond donors (Lipinski definition) is 1. The first-order valence-corrected chi connectivity index (χ1v) is 6.18. The van der Waals surface area contributed by atoms with Gasteiger partial charge in [-0.3, -0.25) is 4.98 Å². The van der Waals surface area contributed by atoms with Gasteiger partial charge in [0.15, 0.2) is 6.10 Å². The van der Waals surface area contributed by atoms with Crippen LogP contribution in [0.2, 0.25) is 0 Å². The number of aliphatic hydroxyl groups excluding tert-OH is 1. The molecule has 18 heavy (non-hydrogen) atoms. The summed E-state index contributed by atoms with van der Waals surface area (Å²) in [6, 6.07) is 9.19. The molecule has 1 atom stereocenters. The van der Waals surface area contributed by atoms with Gasteiger partial charge >= 0.3 is 0 Å². The SMILES string of the molecule is OC(c1ccccc1)c1nc(-c2cncs2)no1. The molecule has 3 aromatic rings. The Hall–Kier alpha value is -2.05. The summed E-state index contributed by atoms with van der Waals surface area (Å²) in [5, 5.41) is 13.9. The number of benzene rings is 1. The van der Waals surface area contributed by atoms with E-state index in [9.17, 15) is 5.11 Å². The van der Waals surface area contributed by atoms with Crippen LogP contribution >= 0.6 is 11.3 Å². The van der Waals surface area contributed by atoms with Crippen LogP contribution in [-0.4, -0.2) is 20.2 Å². The molecule has 5 nitrogen and oxygen atoms in total. The summed E-state index contributed by atoms with van der Waals surface area (Å²) in [5.74, 6) is 0.632. The molecule has 0 spiro atoms. The minimum atomic E-state index is -0.902. The van der Waals surface area contributed by atoms with E-state index < -0.39 is 6.10 Å². The van der Waals surface area contributed by atoms with Crippen molar-refractivity contribution in [3.63, 3.8) is 0 Å². The van der Waals surface area contributed by atoms with Crippen LogP contribution in [0.3, 0.4) is 0 Å². The van der Waals surface area contributed by atoms with Crippen molar-refractivity contribution in [2.45, 2.75) is 6.10 Å². The van der Waals surface area contributed by atoms with Gasteiger partial charge in [0.2, 0.25) is 5.82 Å². The molecule has 1 unspecified atom stereocenters. The lowest BCUT2D eigenvalue weighted by Gasteiger charge is -2.04. The summed E-state index contributed by atoms with van der Waals surface area (Å²) < 4.78 is 5.07. The lowest BCUT2D eigenvalue weighted by Crippen LogP contribution is -1.99. The normalized spacial score (nSPS) is 12.5. The molecule has 2 aromatic heterocycles. The lowest BCUT2D eigenvalue weighted by atomic mass is 10.1. The van der Waals surface area contributed by atoms with Crippen LogP contribution in [0.25, 0.3) is 10.7 Å². The van der Waals surface area contributed by atoms with Gasteiger partial charge in [0.1, 0.15) is 0 Å². The second-order valence-electron chi connectivity index (χ2n) is 3.64. The van der Waals surface area contributed by atoms with E-state index in [1.807, 2.05) is 18.2 Å². The third-order valence-corrected chi connectivity index (χ3v) is 3.21. The highest BCUT2D eigenvalue weighted by Gasteiger charge is 2.18. The number of nitrogens with zero attached hydrogens (tertiary/aromatic N) is 3. The Morgan fingerprint density at radius 2 is 2.06 bits per heavy atom. The molecule has 0 bridgehead atoms. The standard InChI is InChI=1S/C12H9N3O2S/c16-10(8-4-2-1-3-5-8)12-14-11(15-17-12)9-6-13-7-18-9/h1-7,10,16H. The minimum Gasteiger partial charge on any atom is -0.378 e. The fourth-order valence-electron chi connectivity index (χ4n) is 1.55. The van der Waals surface area contributed by atoms with Crippen LogP contribution in [-0.2, 0) is 0 Å². The third-order valence-electron chi connectivity index (χ3n) is 2.44. The molecule has 90 valence electrons. The molecule has 1 aromatic carbocycles. The molecule has 0 fully saturated rings. The lowest BCUT2D eigenvalue weighted by molar-refractivity contribution is 0.170. The predicted octanol–water partition coefficient (Wildman–Crippen LogP) is 2.27. The quantitative estimate of drug-likeness (QED) is 0.781. The van der Waals surface area contributed by atoms with Crippen LogP contribution in [0.4, 0.5) is 0 Å². The number of rotatable bonds is 3. The average molecular weight is 259 g/mol. The first-order chi connectivity index (χ1) is 8.84. The Morgan fingerprint density at radius 1 is 1.22 bits per heavy atom. The highest BCUT2D eigenvalue weighted by molar-refractivity contribution is 7.13. The van der Waals surface area contributed by atoms with Gasteiger partial charge in [-0.15, -0.1) is 11.3 Å². The first kappa shape index (κ1) is 11.1. The molecule has 6 heteroatoms. The molecule has 0 aliphatic heterocycles. The van der Waals surface area contributed by atoms with E-state index >= 15 is 0 Å². The van der Waals surface area contributed by atoms with Gasteiger partial charge < -0.3 is 9.63 Å². The molecule has 1 N–H and O–H groups in total. The van der Waals surface area contributed by atoms with Crippen LogP contribution < -0.4 is 0 Å². The molecular formula is C12H9N3O2S. The van der Waals surface area contributed by atoms with Gasteiger partial charge in [-0.2, -0.15) is 4.98 Å². The second kappa shape index (κ2) is 4.67. The van der Waals surface area contributed by atoms with Crippen LogP contribution in [0, 0.1) is 0 Å². The molecule has 0 radical (unpaired) electrons. The van der Waals surface area contributed by atoms with E-state index in [0.717, 1.165) is 10.4 Å². The molecule has 0 amide bonds. The molecule has 0 aliphatic carbocycles. The van der Waals surface area contributed by atoms with Crippen LogP contribution in [0.1, 0.15) is 17.6 Å². The smallest absolute Gasteiger partial charge is 0.260 e. The van der Waals surface area contributed by atoms with Gasteiger partial charge in [-0.25, -0.2) is 0 Å². The zero-order valence-corrected chi connectivity index (χ0v) is 10.0. The van der Waals surface area contributed by atoms with E-state index in [1.165, 1.54) is 11.3 Å². The van der Waals surface area contributed by atoms with Gasteiger partial charge in [0, 0.05) is 6.20 Å². The monoisotopic (exact) mass is 259 g/mol. The van der Waals surface area contributed by atoms with Crippen molar-refractivity contribution in [3.05, 3.63) is 53.5 Å². The van der Waals surface area contributed by atoms with E-state index in [-0.39, 0.29) is 5.89 Å². The van der Waals surface area contributed by atoms with E-state index in [4.69, 9.17) is 4.52 Å². The van der Waals surface area contributed by atoms with E-state index in [2.05, 4.69) is 15.1 Å². The van der Waals surface area contributed by atoms with Crippen molar-refractivity contribution in [1.29, 1.82) is 0 Å². The Bertz CT molecular complexity index is 622. The molecule has 3 rings (SSSR count). The zero-order chi connectivity index (χ0) is 12.4. The first-order valence-electron chi connectivity index (χ1n) is 5.30. The summed E-state index contributed by atoms with van der Waals surface area (Å²) in [7, 11) is 0. The predicted molar refractivity (Wildman–Crippen MR) is 65.9 cm³/mol. The molecule has 0 aliphatic rings. The van der Waals surface area contributed by atoms with Crippen molar-refractivity contribution in [1.82, 2.24) is 15.1 Å². The maximum atomic E-state index is 10.1. The number of hydrogen-bond acceptors (Lipinski definition) is 6. The van der Waals surface area contributed by atoms with Gasteiger partial charge in [-0.1, -0.05) is 35.5 Å². The number of aromatic nitrogens is 3. The summed E-state index contributed by atoms with van der Waals surface area (Å²) in [6.07, 6.45) is 0.758. The molecule has 0 saturated carbocycles. The van der Waals surface area contributed by atoms with E-state index in [1.54, 1.807) is 23.8 Å².